The normalized spacial score (nSPS) is 16.1. The van der Waals surface area contributed by atoms with E-state index in [9.17, 15) is 9.59 Å². The first kappa shape index (κ1) is 21.5. The third kappa shape index (κ3) is 4.54. The van der Waals surface area contributed by atoms with Crippen molar-refractivity contribution in [1.29, 1.82) is 0 Å². The van der Waals surface area contributed by atoms with E-state index in [0.717, 1.165) is 17.0 Å². The molecule has 1 aliphatic heterocycles. The number of alkyl halides is 2. The number of methoxy groups -OCH3 is 1. The number of amides is 2. The van der Waals surface area contributed by atoms with Crippen LogP contribution in [0.4, 0.5) is 0 Å². The molecule has 0 bridgehead atoms. The summed E-state index contributed by atoms with van der Waals surface area (Å²) in [6, 6.07) is 11.2. The number of hydrogen-bond acceptors (Lipinski definition) is 3. The van der Waals surface area contributed by atoms with E-state index in [1.54, 1.807) is 7.11 Å². The number of carbonyl (C=O) groups is 2. The quantitative estimate of drug-likeness (QED) is 0.650. The van der Waals surface area contributed by atoms with E-state index < -0.39 is 10.7 Å². The SMILES string of the molecule is COc1cccc(C2c3cccn3CCN2C(=O)CN(C(=O)C(Cl)Cl)C(C)C)c1. The number of hydrogen-bond donors (Lipinski definition) is 0. The molecule has 0 radical (unpaired) electrons. The molecule has 1 aliphatic rings. The van der Waals surface area contributed by atoms with Gasteiger partial charge in [-0.15, -0.1) is 0 Å². The summed E-state index contributed by atoms with van der Waals surface area (Å²) in [5.41, 5.74) is 1.97. The lowest BCUT2D eigenvalue weighted by Gasteiger charge is -2.39. The highest BCUT2D eigenvalue weighted by molar-refractivity contribution is 6.53. The summed E-state index contributed by atoms with van der Waals surface area (Å²) < 4.78 is 7.52. The largest absolute Gasteiger partial charge is 0.497 e. The van der Waals surface area contributed by atoms with Crippen LogP contribution in [0.1, 0.15) is 31.1 Å². The maximum atomic E-state index is 13.3. The van der Waals surface area contributed by atoms with Crippen LogP contribution in [0.15, 0.2) is 42.6 Å². The smallest absolute Gasteiger partial charge is 0.256 e. The lowest BCUT2D eigenvalue weighted by Crippen LogP contribution is -2.50. The second kappa shape index (κ2) is 9.09. The van der Waals surface area contributed by atoms with Crippen molar-refractivity contribution in [2.75, 3.05) is 20.2 Å². The number of nitrogens with zero attached hydrogens (tertiary/aromatic N) is 3. The fraction of sp³-hybridized carbons (Fsp3) is 0.429. The molecule has 2 heterocycles. The van der Waals surface area contributed by atoms with E-state index >= 15 is 0 Å². The molecule has 1 aromatic carbocycles. The minimum absolute atomic E-state index is 0.0758. The molecular formula is C21H25Cl2N3O3. The third-order valence-corrected chi connectivity index (χ3v) is 5.54. The van der Waals surface area contributed by atoms with Gasteiger partial charge in [-0.25, -0.2) is 0 Å². The van der Waals surface area contributed by atoms with E-state index in [-0.39, 0.29) is 24.5 Å². The van der Waals surface area contributed by atoms with E-state index in [4.69, 9.17) is 27.9 Å². The van der Waals surface area contributed by atoms with Crippen LogP contribution < -0.4 is 4.74 Å². The predicted molar refractivity (Wildman–Crippen MR) is 113 cm³/mol. The van der Waals surface area contributed by atoms with Gasteiger partial charge in [-0.3, -0.25) is 9.59 Å². The van der Waals surface area contributed by atoms with Gasteiger partial charge in [0.25, 0.3) is 5.91 Å². The summed E-state index contributed by atoms with van der Waals surface area (Å²) in [5.74, 6) is 0.112. The summed E-state index contributed by atoms with van der Waals surface area (Å²) in [4.78, 5) is 27.7. The summed E-state index contributed by atoms with van der Waals surface area (Å²) >= 11 is 11.6. The van der Waals surface area contributed by atoms with E-state index in [2.05, 4.69) is 4.57 Å². The van der Waals surface area contributed by atoms with Crippen LogP contribution in [0, 0.1) is 0 Å². The van der Waals surface area contributed by atoms with Gasteiger partial charge in [0, 0.05) is 31.0 Å². The molecule has 8 heteroatoms. The Balaban J connectivity index is 1.94. The van der Waals surface area contributed by atoms with Crippen LogP contribution in [0.5, 0.6) is 5.75 Å². The maximum absolute atomic E-state index is 13.3. The van der Waals surface area contributed by atoms with Gasteiger partial charge in [-0.05, 0) is 43.7 Å². The minimum atomic E-state index is -1.20. The monoisotopic (exact) mass is 437 g/mol. The molecule has 29 heavy (non-hydrogen) atoms. The van der Waals surface area contributed by atoms with Crippen LogP contribution in [0.2, 0.25) is 0 Å². The van der Waals surface area contributed by atoms with Gasteiger partial charge in [0.1, 0.15) is 12.3 Å². The van der Waals surface area contributed by atoms with Crippen LogP contribution in [0.3, 0.4) is 0 Å². The van der Waals surface area contributed by atoms with E-state index in [0.29, 0.717) is 13.1 Å². The molecule has 0 saturated heterocycles. The fourth-order valence-electron chi connectivity index (χ4n) is 3.69. The lowest BCUT2D eigenvalue weighted by atomic mass is 9.99. The van der Waals surface area contributed by atoms with Gasteiger partial charge in [-0.1, -0.05) is 35.3 Å². The Labute approximate surface area is 180 Å². The average molecular weight is 438 g/mol. The zero-order valence-corrected chi connectivity index (χ0v) is 18.2. The lowest BCUT2D eigenvalue weighted by molar-refractivity contribution is -0.142. The summed E-state index contributed by atoms with van der Waals surface area (Å²) in [6.45, 7) is 4.82. The molecule has 2 aromatic rings. The van der Waals surface area contributed by atoms with Crippen LogP contribution in [-0.4, -0.2) is 57.3 Å². The molecule has 0 fully saturated rings. The Hall–Kier alpha value is -2.18. The first-order valence-electron chi connectivity index (χ1n) is 9.50. The van der Waals surface area contributed by atoms with Gasteiger partial charge in [0.05, 0.1) is 13.2 Å². The number of aromatic nitrogens is 1. The summed E-state index contributed by atoms with van der Waals surface area (Å²) in [6.07, 6.45) is 2.01. The standard InChI is InChI=1S/C21H25Cl2N3O3/c1-14(2)26(21(28)20(22)23)13-18(27)25-11-10-24-9-5-8-17(24)19(25)15-6-4-7-16(12-15)29-3/h4-9,12,14,19-20H,10-11,13H2,1-3H3. The number of benzene rings is 1. The highest BCUT2D eigenvalue weighted by Crippen LogP contribution is 2.34. The molecule has 156 valence electrons. The third-order valence-electron chi connectivity index (χ3n) is 5.17. The van der Waals surface area contributed by atoms with Crippen LogP contribution in [0.25, 0.3) is 0 Å². The number of halogens is 2. The van der Waals surface area contributed by atoms with Crippen molar-refractivity contribution < 1.29 is 14.3 Å². The van der Waals surface area contributed by atoms with Crippen molar-refractivity contribution >= 4 is 35.0 Å². The maximum Gasteiger partial charge on any atom is 0.256 e. The van der Waals surface area contributed by atoms with Gasteiger partial charge in [0.2, 0.25) is 5.91 Å². The van der Waals surface area contributed by atoms with Gasteiger partial charge in [-0.2, -0.15) is 0 Å². The first-order chi connectivity index (χ1) is 13.8. The Morgan fingerprint density at radius 3 is 2.62 bits per heavy atom. The van der Waals surface area contributed by atoms with Crippen molar-refractivity contribution in [2.45, 2.75) is 37.3 Å². The number of rotatable bonds is 6. The second-order valence-electron chi connectivity index (χ2n) is 7.25. The molecule has 1 aromatic heterocycles. The van der Waals surface area contributed by atoms with Crippen LogP contribution in [-0.2, 0) is 16.1 Å². The molecule has 1 atom stereocenters. The highest BCUT2D eigenvalue weighted by Gasteiger charge is 2.34. The topological polar surface area (TPSA) is 54.8 Å². The Kier molecular flexibility index (Phi) is 6.75. The number of ether oxygens (including phenoxy) is 1. The zero-order valence-electron chi connectivity index (χ0n) is 16.7. The van der Waals surface area contributed by atoms with Gasteiger partial charge >= 0.3 is 0 Å². The summed E-state index contributed by atoms with van der Waals surface area (Å²) in [7, 11) is 1.62. The van der Waals surface area contributed by atoms with E-state index in [1.807, 2.05) is 61.3 Å². The molecule has 0 aliphatic carbocycles. The van der Waals surface area contributed by atoms with Gasteiger partial charge in [0.15, 0.2) is 4.84 Å². The molecule has 0 spiro atoms. The molecule has 0 saturated carbocycles. The number of fused-ring (bicyclic) bond motifs is 1. The van der Waals surface area contributed by atoms with Crippen molar-refractivity contribution in [3.63, 3.8) is 0 Å². The van der Waals surface area contributed by atoms with Crippen molar-refractivity contribution in [2.24, 2.45) is 0 Å². The van der Waals surface area contributed by atoms with E-state index in [1.165, 1.54) is 4.90 Å². The van der Waals surface area contributed by atoms with Gasteiger partial charge < -0.3 is 19.1 Å². The Morgan fingerprint density at radius 2 is 1.97 bits per heavy atom. The predicted octanol–water partition coefficient (Wildman–Crippen LogP) is 3.47. The molecule has 6 nitrogen and oxygen atoms in total. The number of carbonyl (C=O) groups excluding carboxylic acids is 2. The molecule has 3 rings (SSSR count). The Morgan fingerprint density at radius 1 is 1.21 bits per heavy atom. The molecule has 2 amide bonds. The molecule has 1 unspecified atom stereocenters. The zero-order chi connectivity index (χ0) is 21.1. The first-order valence-corrected chi connectivity index (χ1v) is 10.4. The van der Waals surface area contributed by atoms with Crippen LogP contribution >= 0.6 is 23.2 Å². The Bertz CT molecular complexity index is 882. The fourth-order valence-corrected chi connectivity index (χ4v) is 3.94. The highest BCUT2D eigenvalue weighted by atomic mass is 35.5. The molecule has 0 N–H and O–H groups in total. The minimum Gasteiger partial charge on any atom is -0.497 e. The summed E-state index contributed by atoms with van der Waals surface area (Å²) in [5, 5.41) is 0. The van der Waals surface area contributed by atoms with Crippen molar-refractivity contribution in [1.82, 2.24) is 14.4 Å². The average Bonchev–Trinajstić information content (AvgIpc) is 3.19. The molecular weight excluding hydrogens is 413 g/mol. The van der Waals surface area contributed by atoms with Crippen molar-refractivity contribution in [3.05, 3.63) is 53.9 Å². The second-order valence-corrected chi connectivity index (χ2v) is 8.35. The van der Waals surface area contributed by atoms with Crippen molar-refractivity contribution in [3.8, 4) is 5.75 Å².